The van der Waals surface area contributed by atoms with Crippen LogP contribution < -0.4 is 4.74 Å². The topological polar surface area (TPSA) is 41.8 Å². The third kappa shape index (κ3) is 7.90. The Labute approximate surface area is 471 Å². The van der Waals surface area contributed by atoms with Gasteiger partial charge in [-0.15, -0.1) is 0 Å². The molecule has 7 heteroatoms. The van der Waals surface area contributed by atoms with Crippen LogP contribution in [0.25, 0.3) is 111 Å². The Morgan fingerprint density at radius 3 is 1.58 bits per heavy atom. The van der Waals surface area contributed by atoms with Gasteiger partial charge in [-0.3, -0.25) is 0 Å². The number of nitrogens with zero attached hydrogens (tertiary/aromatic N) is 5. The van der Waals surface area contributed by atoms with Crippen molar-refractivity contribution < 1.29 is 37.8 Å². The fraction of sp³-hybridized carbons (Fsp3) is 0.0571. The third-order valence-electron chi connectivity index (χ3n) is 14.4. The first-order valence-corrected chi connectivity index (χ1v) is 26.4. The maximum absolute atomic E-state index is 9.62. The Bertz CT molecular complexity index is 5090. The van der Waals surface area contributed by atoms with E-state index >= 15 is 0 Å². The van der Waals surface area contributed by atoms with Crippen LogP contribution in [0.5, 0.6) is 11.5 Å². The van der Waals surface area contributed by atoms with Crippen molar-refractivity contribution in [3.05, 3.63) is 264 Å². The van der Waals surface area contributed by atoms with Crippen LogP contribution in [0, 0.1) is 3.80 Å². The van der Waals surface area contributed by atoms with E-state index < -0.39 is 60.4 Å². The van der Waals surface area contributed by atoms with Crippen molar-refractivity contribution in [1.29, 1.82) is 0 Å². The minimum atomic E-state index is -0.582. The molecule has 0 aliphatic heterocycles. The van der Waals surface area contributed by atoms with Crippen molar-refractivity contribution in [2.45, 2.75) is 26.2 Å². The van der Waals surface area contributed by atoms with Crippen molar-refractivity contribution in [2.75, 3.05) is 0 Å². The number of para-hydroxylation sites is 5. The maximum atomic E-state index is 9.62. The zero-order valence-corrected chi connectivity index (χ0v) is 44.2. The van der Waals surface area contributed by atoms with Gasteiger partial charge >= 0.3 is 418 Å². The molecule has 10 aromatic carbocycles. The Hall–Kier alpha value is -9.09. The summed E-state index contributed by atoms with van der Waals surface area (Å²) in [5, 5.41) is 3.93. The summed E-state index contributed by atoms with van der Waals surface area (Å²) in [5.74, 6) is 1.89. The van der Waals surface area contributed by atoms with Gasteiger partial charge in [0.1, 0.15) is 0 Å². The number of fused-ring (bicyclic) bond motifs is 7. The van der Waals surface area contributed by atoms with E-state index in [4.69, 9.17) is 17.9 Å². The van der Waals surface area contributed by atoms with Crippen LogP contribution >= 0.6 is 0 Å². The molecule has 0 saturated heterocycles. The van der Waals surface area contributed by atoms with Crippen LogP contribution in [0.2, 0.25) is 0 Å². The number of benzene rings is 10. The molecule has 0 unspecified atom stereocenters. The van der Waals surface area contributed by atoms with E-state index in [1.165, 1.54) is 0 Å². The van der Waals surface area contributed by atoms with E-state index in [2.05, 4.69) is 93.2 Å². The van der Waals surface area contributed by atoms with Gasteiger partial charge in [0.05, 0.1) is 0 Å². The molecule has 0 atom stereocenters. The zero-order valence-electron chi connectivity index (χ0n) is 51.9. The molecule has 4 heterocycles. The quantitative estimate of drug-likeness (QED) is 0.145. The summed E-state index contributed by atoms with van der Waals surface area (Å²) in [7, 11) is 0. The predicted octanol–water partition coefficient (Wildman–Crippen LogP) is 18.2. The summed E-state index contributed by atoms with van der Waals surface area (Å²) < 4.78 is 108. The van der Waals surface area contributed by atoms with Crippen molar-refractivity contribution in [1.82, 2.24) is 23.3 Å². The predicted molar refractivity (Wildman–Crippen MR) is 314 cm³/mol. The molecule has 0 saturated carbocycles. The first-order chi connectivity index (χ1) is 41.9. The molecule has 0 fully saturated rings. The number of rotatable bonds is 9. The summed E-state index contributed by atoms with van der Waals surface area (Å²) in [6, 6.07) is 56.2. The molecule has 0 radical (unpaired) electrons. The molecular weight excluding hydrogens is 1120 g/mol. The number of pyridine rings is 1. The molecule has 77 heavy (non-hydrogen) atoms. The average molecular weight is 1180 g/mol. The van der Waals surface area contributed by atoms with E-state index in [0.717, 1.165) is 66.1 Å². The molecule has 0 amide bonds. The Morgan fingerprint density at radius 2 is 0.974 bits per heavy atom. The van der Waals surface area contributed by atoms with Crippen molar-refractivity contribution in [2.24, 2.45) is 0 Å². The van der Waals surface area contributed by atoms with E-state index in [1.54, 1.807) is 12.1 Å². The number of hydrogen-bond donors (Lipinski definition) is 0. The SMILES string of the molecule is [2H]c1c([2H])c([2H])c(-c2cc(-n3c4ccccc4c4ccccc43)cc(-c3c([2H])c([2H])c([2H])c([2H])c3[2H])c2-n2[c](=[Pt])n(-c3cccc(Oc4cc5c(cc4-c4ccccc4)c4ccccc4n5-c4cc(C(C)(C)C)ccn4)c3)c3ccccc32)c([2H])c1[2H]. The van der Waals surface area contributed by atoms with Gasteiger partial charge in [0.25, 0.3) is 0 Å². The van der Waals surface area contributed by atoms with Crippen LogP contribution in [0.4, 0.5) is 0 Å². The normalized spacial score (nSPS) is 13.7. The molecule has 0 aliphatic rings. The van der Waals surface area contributed by atoms with Crippen molar-refractivity contribution in [3.63, 3.8) is 0 Å². The second-order valence-corrected chi connectivity index (χ2v) is 21.0. The molecule has 0 N–H and O–H groups in total. The van der Waals surface area contributed by atoms with Gasteiger partial charge in [0, 0.05) is 6.20 Å². The van der Waals surface area contributed by atoms with E-state index in [0.29, 0.717) is 37.7 Å². The molecule has 6 nitrogen and oxygen atoms in total. The van der Waals surface area contributed by atoms with Gasteiger partial charge < -0.3 is 0 Å². The summed E-state index contributed by atoms with van der Waals surface area (Å²) in [6.45, 7) is 6.57. The Kier molecular flexibility index (Phi) is 8.90. The van der Waals surface area contributed by atoms with Gasteiger partial charge in [-0.05, 0) is 17.0 Å². The van der Waals surface area contributed by atoms with Gasteiger partial charge in [0.15, 0.2) is 0 Å². The standard InChI is InChI=1S/C70H51N5O.Pt/c1-70(2,3)50-38-39-71-68(40-50)75-63-35-18-15-32-56(63)60-44-57(47-22-7-4-8-23-47)67(45-66(60)75)76-53-29-21-28-51(41-53)72-46-73(65-37-20-19-36-64(65)72)69-58(48-24-9-5-10-25-48)42-52(43-59(69)49-26-11-6-12-27-49)74-61-33-16-13-30-54(61)55-31-14-17-34-62(55)74;/h4-45H,1-3H3;/i5D,6D,9D,10D,11D,12D,24D,25D,26D,27D;. The Balaban J connectivity index is 1.04. The van der Waals surface area contributed by atoms with Crippen LogP contribution in [0.15, 0.2) is 255 Å². The first kappa shape index (κ1) is 36.8. The van der Waals surface area contributed by atoms with Gasteiger partial charge in [-0.25, -0.2) is 0 Å². The van der Waals surface area contributed by atoms with E-state index in [1.807, 2.05) is 147 Å². The molecule has 0 spiro atoms. The van der Waals surface area contributed by atoms with Gasteiger partial charge in [-0.2, -0.15) is 0 Å². The second kappa shape index (κ2) is 18.6. The third-order valence-corrected chi connectivity index (χ3v) is 15.4. The fourth-order valence-electron chi connectivity index (χ4n) is 10.9. The average Bonchev–Trinajstić information content (AvgIpc) is 2.26. The summed E-state index contributed by atoms with van der Waals surface area (Å²) in [4.78, 5) is 4.94. The fourth-order valence-corrected chi connectivity index (χ4v) is 12.0. The number of aromatic nitrogens is 5. The van der Waals surface area contributed by atoms with E-state index in [-0.39, 0.29) is 33.4 Å². The number of imidazole rings is 1. The molecule has 14 rings (SSSR count). The van der Waals surface area contributed by atoms with Crippen LogP contribution in [0.1, 0.15) is 40.0 Å². The zero-order chi connectivity index (χ0) is 60.5. The van der Waals surface area contributed by atoms with Gasteiger partial charge in [-0.1, -0.05) is 32.9 Å². The molecule has 14 aromatic rings. The second-order valence-electron chi connectivity index (χ2n) is 20.0. The van der Waals surface area contributed by atoms with Gasteiger partial charge in [0.2, 0.25) is 0 Å². The molecule has 4 aromatic heterocycles. The number of hydrogen-bond acceptors (Lipinski definition) is 2. The minimum absolute atomic E-state index is 0.128. The van der Waals surface area contributed by atoms with Crippen molar-refractivity contribution >= 4 is 54.6 Å². The summed E-state index contributed by atoms with van der Waals surface area (Å²) in [6.07, 6.45) is 1.86. The molecule has 0 bridgehead atoms. The first-order valence-electron chi connectivity index (χ1n) is 30.3. The molecule has 0 aliphatic carbocycles. The molecular formula is C70H51N5OPt. The van der Waals surface area contributed by atoms with Crippen molar-refractivity contribution in [3.8, 4) is 67.8 Å². The van der Waals surface area contributed by atoms with Crippen LogP contribution in [-0.4, -0.2) is 23.3 Å². The summed E-state index contributed by atoms with van der Waals surface area (Å²) >= 11 is 2.22. The van der Waals surface area contributed by atoms with Crippen LogP contribution in [-0.2, 0) is 24.8 Å². The van der Waals surface area contributed by atoms with E-state index in [9.17, 15) is 5.48 Å². The number of ether oxygens (including phenoxy) is 1. The Morgan fingerprint density at radius 1 is 0.429 bits per heavy atom. The molecule has 372 valence electrons. The van der Waals surface area contributed by atoms with Crippen LogP contribution in [0.3, 0.4) is 0 Å². The summed E-state index contributed by atoms with van der Waals surface area (Å²) in [5.41, 5.74) is 8.93. The monoisotopic (exact) mass is 1180 g/mol.